The van der Waals surface area contributed by atoms with Crippen molar-refractivity contribution in [1.82, 2.24) is 9.55 Å². The van der Waals surface area contributed by atoms with E-state index in [1.165, 1.54) is 23.7 Å². The molecule has 0 fully saturated rings. The van der Waals surface area contributed by atoms with Gasteiger partial charge >= 0.3 is 0 Å². The first kappa shape index (κ1) is 8.30. The summed E-state index contributed by atoms with van der Waals surface area (Å²) in [5.74, 6) is 0. The summed E-state index contributed by atoms with van der Waals surface area (Å²) < 4.78 is 2.25. The number of aryl methyl sites for hydroxylation is 1. The summed E-state index contributed by atoms with van der Waals surface area (Å²) >= 11 is 0. The maximum Gasteiger partial charge on any atom is 0.0894 e. The summed E-state index contributed by atoms with van der Waals surface area (Å²) in [4.78, 5) is 4.01. The SMILES string of the molecule is CCCCn1ccc2c[c]ncc21. The average molecular weight is 173 g/mol. The Hall–Kier alpha value is -1.31. The molecule has 2 nitrogen and oxygen atoms in total. The molecule has 2 aromatic rings. The van der Waals surface area contributed by atoms with Crippen LogP contribution < -0.4 is 0 Å². The van der Waals surface area contributed by atoms with E-state index in [4.69, 9.17) is 0 Å². The second-order valence-electron chi connectivity index (χ2n) is 3.23. The van der Waals surface area contributed by atoms with Gasteiger partial charge in [0.2, 0.25) is 0 Å². The Balaban J connectivity index is 2.35. The third-order valence-electron chi connectivity index (χ3n) is 2.27. The average Bonchev–Trinajstić information content (AvgIpc) is 2.58. The van der Waals surface area contributed by atoms with E-state index in [0.29, 0.717) is 0 Å². The number of fused-ring (bicyclic) bond motifs is 1. The van der Waals surface area contributed by atoms with Crippen molar-refractivity contribution in [3.05, 3.63) is 30.7 Å². The van der Waals surface area contributed by atoms with Crippen molar-refractivity contribution in [2.75, 3.05) is 0 Å². The summed E-state index contributed by atoms with van der Waals surface area (Å²) in [7, 11) is 0. The van der Waals surface area contributed by atoms with Gasteiger partial charge in [-0.05, 0) is 18.6 Å². The van der Waals surface area contributed by atoms with Crippen molar-refractivity contribution in [1.29, 1.82) is 0 Å². The zero-order valence-corrected chi connectivity index (χ0v) is 7.83. The molecule has 2 aromatic heterocycles. The number of aromatic nitrogens is 2. The van der Waals surface area contributed by atoms with Crippen molar-refractivity contribution >= 4 is 10.9 Å². The smallest absolute Gasteiger partial charge is 0.0894 e. The van der Waals surface area contributed by atoms with Crippen molar-refractivity contribution in [3.63, 3.8) is 0 Å². The summed E-state index contributed by atoms with van der Waals surface area (Å²) in [5.41, 5.74) is 1.22. The summed E-state index contributed by atoms with van der Waals surface area (Å²) in [6, 6.07) is 4.04. The molecule has 0 bridgehead atoms. The van der Waals surface area contributed by atoms with E-state index < -0.39 is 0 Å². The zero-order valence-electron chi connectivity index (χ0n) is 7.83. The van der Waals surface area contributed by atoms with Crippen molar-refractivity contribution in [3.8, 4) is 0 Å². The molecule has 0 unspecified atom stereocenters. The van der Waals surface area contributed by atoms with Gasteiger partial charge in [-0.25, -0.2) is 0 Å². The fourth-order valence-electron chi connectivity index (χ4n) is 1.50. The molecule has 0 aromatic carbocycles. The number of pyridine rings is 1. The lowest BCUT2D eigenvalue weighted by molar-refractivity contribution is 0.649. The van der Waals surface area contributed by atoms with Gasteiger partial charge in [-0.1, -0.05) is 13.3 Å². The molecular formula is C11H13N2. The Bertz CT molecular complexity index is 390. The highest BCUT2D eigenvalue weighted by Gasteiger charge is 1.98. The van der Waals surface area contributed by atoms with E-state index in [2.05, 4.69) is 34.9 Å². The molecule has 0 saturated carbocycles. The van der Waals surface area contributed by atoms with Gasteiger partial charge in [0, 0.05) is 18.1 Å². The highest BCUT2D eigenvalue weighted by molar-refractivity contribution is 5.78. The number of hydrogen-bond acceptors (Lipinski definition) is 1. The van der Waals surface area contributed by atoms with Gasteiger partial charge in [-0.3, -0.25) is 4.98 Å². The third-order valence-corrected chi connectivity index (χ3v) is 2.27. The molecule has 0 spiro atoms. The first-order valence-electron chi connectivity index (χ1n) is 4.72. The Morgan fingerprint density at radius 3 is 3.31 bits per heavy atom. The van der Waals surface area contributed by atoms with Gasteiger partial charge in [0.1, 0.15) is 0 Å². The van der Waals surface area contributed by atoms with Crippen LogP contribution >= 0.6 is 0 Å². The van der Waals surface area contributed by atoms with E-state index in [1.54, 1.807) is 0 Å². The highest BCUT2D eigenvalue weighted by Crippen LogP contribution is 2.13. The minimum atomic E-state index is 1.09. The van der Waals surface area contributed by atoms with Gasteiger partial charge in [-0.15, -0.1) is 0 Å². The first-order chi connectivity index (χ1) is 6.42. The van der Waals surface area contributed by atoms with E-state index in [9.17, 15) is 0 Å². The maximum absolute atomic E-state index is 4.01. The molecule has 0 aliphatic rings. The Kier molecular flexibility index (Phi) is 2.30. The van der Waals surface area contributed by atoms with Gasteiger partial charge in [0.05, 0.1) is 17.9 Å². The predicted molar refractivity (Wildman–Crippen MR) is 53.5 cm³/mol. The predicted octanol–water partition coefficient (Wildman–Crippen LogP) is 2.64. The monoisotopic (exact) mass is 173 g/mol. The van der Waals surface area contributed by atoms with Crippen molar-refractivity contribution in [2.45, 2.75) is 26.3 Å². The van der Waals surface area contributed by atoms with E-state index in [1.807, 2.05) is 12.3 Å². The van der Waals surface area contributed by atoms with Crippen LogP contribution in [0.2, 0.25) is 0 Å². The van der Waals surface area contributed by atoms with Crippen molar-refractivity contribution < 1.29 is 0 Å². The summed E-state index contributed by atoms with van der Waals surface area (Å²) in [6.07, 6.45) is 9.30. The Labute approximate surface area is 78.2 Å². The molecule has 0 saturated heterocycles. The van der Waals surface area contributed by atoms with Crippen LogP contribution in [-0.4, -0.2) is 9.55 Å². The van der Waals surface area contributed by atoms with Crippen molar-refractivity contribution in [2.24, 2.45) is 0 Å². The first-order valence-corrected chi connectivity index (χ1v) is 4.72. The molecule has 0 amide bonds. The van der Waals surface area contributed by atoms with Gasteiger partial charge < -0.3 is 4.57 Å². The largest absolute Gasteiger partial charge is 0.346 e. The molecule has 2 heterocycles. The molecule has 13 heavy (non-hydrogen) atoms. The molecule has 2 rings (SSSR count). The lowest BCUT2D eigenvalue weighted by Crippen LogP contribution is -1.94. The van der Waals surface area contributed by atoms with Gasteiger partial charge in [0.25, 0.3) is 0 Å². The summed E-state index contributed by atoms with van der Waals surface area (Å²) in [6.45, 7) is 3.30. The topological polar surface area (TPSA) is 17.8 Å². The van der Waals surface area contributed by atoms with Crippen LogP contribution in [0.25, 0.3) is 10.9 Å². The van der Waals surface area contributed by atoms with Crippen LogP contribution in [0.3, 0.4) is 0 Å². The molecular weight excluding hydrogens is 160 g/mol. The molecule has 67 valence electrons. The van der Waals surface area contributed by atoms with E-state index in [-0.39, 0.29) is 0 Å². The molecule has 2 heteroatoms. The number of rotatable bonds is 3. The van der Waals surface area contributed by atoms with Crippen LogP contribution in [0.5, 0.6) is 0 Å². The van der Waals surface area contributed by atoms with Crippen LogP contribution in [0, 0.1) is 6.20 Å². The fraction of sp³-hybridized carbons (Fsp3) is 0.364. The lowest BCUT2D eigenvalue weighted by Gasteiger charge is -2.02. The van der Waals surface area contributed by atoms with Gasteiger partial charge in [-0.2, -0.15) is 0 Å². The minimum absolute atomic E-state index is 1.09. The standard InChI is InChI=1S/C11H13N2/c1-2-3-7-13-8-5-10-4-6-12-9-11(10)13/h4-5,8-9H,2-3,7H2,1H3. The third kappa shape index (κ3) is 1.57. The van der Waals surface area contributed by atoms with Gasteiger partial charge in [0.15, 0.2) is 0 Å². The molecule has 1 radical (unpaired) electrons. The molecule has 0 N–H and O–H groups in total. The minimum Gasteiger partial charge on any atom is -0.346 e. The Morgan fingerprint density at radius 1 is 1.54 bits per heavy atom. The number of hydrogen-bond donors (Lipinski definition) is 0. The summed E-state index contributed by atoms with van der Waals surface area (Å²) in [5, 5.41) is 1.23. The quantitative estimate of drug-likeness (QED) is 0.697. The normalized spacial score (nSPS) is 10.8. The highest BCUT2D eigenvalue weighted by atomic mass is 15.0. The molecule has 0 aliphatic heterocycles. The second-order valence-corrected chi connectivity index (χ2v) is 3.23. The Morgan fingerprint density at radius 2 is 2.46 bits per heavy atom. The van der Waals surface area contributed by atoms with E-state index >= 15 is 0 Å². The maximum atomic E-state index is 4.01. The number of nitrogens with zero attached hydrogens (tertiary/aromatic N) is 2. The van der Waals surface area contributed by atoms with E-state index in [0.717, 1.165) is 6.54 Å². The lowest BCUT2D eigenvalue weighted by atomic mass is 10.3. The zero-order chi connectivity index (χ0) is 9.10. The molecule has 0 aliphatic carbocycles. The number of unbranched alkanes of at least 4 members (excludes halogenated alkanes) is 1. The van der Waals surface area contributed by atoms with Crippen LogP contribution in [0.4, 0.5) is 0 Å². The fourth-order valence-corrected chi connectivity index (χ4v) is 1.50. The van der Waals surface area contributed by atoms with Crippen LogP contribution in [0.15, 0.2) is 24.5 Å². The van der Waals surface area contributed by atoms with Crippen LogP contribution in [-0.2, 0) is 6.54 Å². The molecule has 0 atom stereocenters. The van der Waals surface area contributed by atoms with Crippen LogP contribution in [0.1, 0.15) is 19.8 Å². The second kappa shape index (κ2) is 3.60.